The number of amides is 4. The number of pyridine rings is 1. The molecule has 2 unspecified atom stereocenters. The Morgan fingerprint density at radius 3 is 2.26 bits per heavy atom. The maximum absolute atomic E-state index is 14.2. The predicted molar refractivity (Wildman–Crippen MR) is 214 cm³/mol. The first-order chi connectivity index (χ1) is 25.6. The van der Waals surface area contributed by atoms with E-state index in [-0.39, 0.29) is 59.9 Å². The van der Waals surface area contributed by atoms with E-state index in [4.69, 9.17) is 9.47 Å². The van der Waals surface area contributed by atoms with Crippen LogP contribution in [-0.4, -0.2) is 128 Å². The Morgan fingerprint density at radius 2 is 1.67 bits per heavy atom. The van der Waals surface area contributed by atoms with Gasteiger partial charge in [-0.1, -0.05) is 73.1 Å². The molecule has 12 nitrogen and oxygen atoms in total. The molecule has 1 aromatic carbocycles. The second kappa shape index (κ2) is 20.9. The number of likely N-dealkylation sites (N-methyl/N-ethyl adjacent to an activating group) is 2. The molecule has 1 aromatic heterocycles. The van der Waals surface area contributed by atoms with Crippen LogP contribution in [0.25, 0.3) is 10.8 Å². The fourth-order valence-electron chi connectivity index (χ4n) is 8.29. The van der Waals surface area contributed by atoms with Gasteiger partial charge in [-0.15, -0.1) is 0 Å². The molecule has 0 aliphatic carbocycles. The number of benzene rings is 1. The molecule has 0 bridgehead atoms. The fourth-order valence-corrected chi connectivity index (χ4v) is 8.29. The molecular weight excluding hydrogens is 684 g/mol. The Kier molecular flexibility index (Phi) is 17.3. The van der Waals surface area contributed by atoms with E-state index in [9.17, 15) is 19.2 Å². The molecule has 1 saturated heterocycles. The molecule has 4 amide bonds. The van der Waals surface area contributed by atoms with Gasteiger partial charge in [-0.25, -0.2) is 0 Å². The van der Waals surface area contributed by atoms with Crippen LogP contribution in [0.15, 0.2) is 36.7 Å². The van der Waals surface area contributed by atoms with Gasteiger partial charge in [0.25, 0.3) is 0 Å². The predicted octanol–water partition coefficient (Wildman–Crippen LogP) is 4.54. The zero-order valence-electron chi connectivity index (χ0n) is 34.9. The lowest BCUT2D eigenvalue weighted by molar-refractivity contribution is -0.148. The molecule has 0 saturated carbocycles. The quantitative estimate of drug-likeness (QED) is 0.202. The van der Waals surface area contributed by atoms with Crippen molar-refractivity contribution >= 4 is 34.4 Å². The molecule has 2 heterocycles. The highest BCUT2D eigenvalue weighted by molar-refractivity contribution is 5.90. The average Bonchev–Trinajstić information content (AvgIpc) is 3.62. The number of likely N-dealkylation sites (tertiary alicyclic amines) is 1. The minimum Gasteiger partial charge on any atom is -0.379 e. The molecular formula is C42H68N6O6. The number of nitrogens with zero attached hydrogens (tertiary/aromatic N) is 4. The second-order valence-electron chi connectivity index (χ2n) is 16.0. The smallest absolute Gasteiger partial charge is 0.245 e. The summed E-state index contributed by atoms with van der Waals surface area (Å²) in [7, 11) is 8.66. The van der Waals surface area contributed by atoms with Crippen LogP contribution >= 0.6 is 0 Å². The first kappa shape index (κ1) is 44.8. The Bertz CT molecular complexity index is 1520. The lowest BCUT2D eigenvalue weighted by Gasteiger charge is -2.41. The largest absolute Gasteiger partial charge is 0.379 e. The van der Waals surface area contributed by atoms with Crippen molar-refractivity contribution in [3.8, 4) is 0 Å². The highest BCUT2D eigenvalue weighted by Crippen LogP contribution is 2.30. The van der Waals surface area contributed by atoms with Crippen molar-refractivity contribution in [2.75, 3.05) is 48.5 Å². The van der Waals surface area contributed by atoms with Gasteiger partial charge in [0.2, 0.25) is 23.6 Å². The van der Waals surface area contributed by atoms with Crippen LogP contribution in [0.4, 0.5) is 0 Å². The summed E-state index contributed by atoms with van der Waals surface area (Å²) in [5.74, 6) is -1.23. The number of carbonyl (C=O) groups excluding carboxylic acids is 4. The van der Waals surface area contributed by atoms with Gasteiger partial charge in [-0.05, 0) is 68.1 Å². The van der Waals surface area contributed by atoms with Crippen LogP contribution in [0, 0.1) is 23.7 Å². The van der Waals surface area contributed by atoms with E-state index >= 15 is 0 Å². The van der Waals surface area contributed by atoms with Crippen molar-refractivity contribution in [3.05, 3.63) is 42.2 Å². The number of hydrogen-bond acceptors (Lipinski definition) is 8. The minimum absolute atomic E-state index is 0.000330. The number of ether oxygens (including phenoxy) is 2. The number of nitrogens with one attached hydrogen (secondary N) is 2. The summed E-state index contributed by atoms with van der Waals surface area (Å²) in [6, 6.07) is 6.27. The molecule has 1 fully saturated rings. The topological polar surface area (TPSA) is 133 Å². The first-order valence-corrected chi connectivity index (χ1v) is 19.8. The maximum atomic E-state index is 14.2. The average molecular weight is 753 g/mol. The number of fused-ring (bicyclic) bond motifs is 1. The van der Waals surface area contributed by atoms with Crippen molar-refractivity contribution in [1.82, 2.24) is 30.3 Å². The highest BCUT2D eigenvalue weighted by atomic mass is 16.5. The Labute approximate surface area is 324 Å². The summed E-state index contributed by atoms with van der Waals surface area (Å²) in [4.78, 5) is 65.0. The van der Waals surface area contributed by atoms with Gasteiger partial charge in [-0.2, -0.15) is 0 Å². The maximum Gasteiger partial charge on any atom is 0.245 e. The van der Waals surface area contributed by atoms with E-state index < -0.39 is 30.2 Å². The third-order valence-electron chi connectivity index (χ3n) is 11.4. The number of aromatic nitrogens is 1. The summed E-state index contributed by atoms with van der Waals surface area (Å²) in [6.45, 7) is 14.8. The molecule has 3 rings (SSSR count). The van der Waals surface area contributed by atoms with Crippen molar-refractivity contribution in [2.45, 2.75) is 117 Å². The third kappa shape index (κ3) is 11.0. The molecule has 0 spiro atoms. The monoisotopic (exact) mass is 753 g/mol. The highest BCUT2D eigenvalue weighted by Gasteiger charge is 2.43. The second-order valence-corrected chi connectivity index (χ2v) is 16.0. The summed E-state index contributed by atoms with van der Waals surface area (Å²) in [5.41, 5.74) is 1.12. The summed E-state index contributed by atoms with van der Waals surface area (Å²) in [6.07, 6.45) is 5.53. The number of hydrogen-bond donors (Lipinski definition) is 2. The molecule has 2 N–H and O–H groups in total. The third-order valence-corrected chi connectivity index (χ3v) is 11.4. The van der Waals surface area contributed by atoms with Crippen molar-refractivity contribution in [3.63, 3.8) is 0 Å². The Morgan fingerprint density at radius 1 is 0.963 bits per heavy atom. The molecule has 1 aliphatic rings. The van der Waals surface area contributed by atoms with E-state index in [1.54, 1.807) is 32.4 Å². The van der Waals surface area contributed by atoms with E-state index in [1.807, 2.05) is 76.8 Å². The summed E-state index contributed by atoms with van der Waals surface area (Å²) >= 11 is 0. The summed E-state index contributed by atoms with van der Waals surface area (Å²) < 4.78 is 12.0. The molecule has 0 radical (unpaired) electrons. The van der Waals surface area contributed by atoms with Gasteiger partial charge < -0.3 is 29.9 Å². The van der Waals surface area contributed by atoms with Crippen LogP contribution < -0.4 is 10.6 Å². The summed E-state index contributed by atoms with van der Waals surface area (Å²) in [5, 5.41) is 8.33. The zero-order valence-corrected chi connectivity index (χ0v) is 34.9. The van der Waals surface area contributed by atoms with Gasteiger partial charge in [0, 0.05) is 52.1 Å². The lowest BCUT2D eigenvalue weighted by Crippen LogP contribution is -2.59. The van der Waals surface area contributed by atoms with Crippen molar-refractivity contribution in [2.24, 2.45) is 23.7 Å². The van der Waals surface area contributed by atoms with E-state index in [0.717, 1.165) is 35.6 Å². The van der Waals surface area contributed by atoms with E-state index in [0.29, 0.717) is 19.5 Å². The van der Waals surface area contributed by atoms with Gasteiger partial charge in [0.15, 0.2) is 0 Å². The Balaban J connectivity index is 1.73. The SMILES string of the molecule is CC[C@H](C)C([C@@H](CC(=O)N1CCC[C@H]1[C@H](OC)[C@@H](C)C(=O)NCCc1cccc2ccncc12)OC)N(C)C(=O)[C@@H](NC(=O)C(C(C)C)N(C)C)C(C)C. The fraction of sp³-hybridized carbons (Fsp3) is 0.690. The van der Waals surface area contributed by atoms with Crippen LogP contribution in [0.3, 0.4) is 0 Å². The van der Waals surface area contributed by atoms with Gasteiger partial charge >= 0.3 is 0 Å². The minimum atomic E-state index is -0.745. The number of carbonyl (C=O) groups is 4. The zero-order chi connectivity index (χ0) is 40.3. The normalized spacial score (nSPS) is 18.6. The molecule has 302 valence electrons. The molecule has 8 atom stereocenters. The van der Waals surface area contributed by atoms with Gasteiger partial charge in [0.1, 0.15) is 6.04 Å². The van der Waals surface area contributed by atoms with E-state index in [1.165, 1.54) is 0 Å². The van der Waals surface area contributed by atoms with Crippen LogP contribution in [0.2, 0.25) is 0 Å². The van der Waals surface area contributed by atoms with Gasteiger partial charge in [0.05, 0.1) is 42.7 Å². The number of rotatable bonds is 20. The first-order valence-electron chi connectivity index (χ1n) is 19.8. The van der Waals surface area contributed by atoms with Crippen LogP contribution in [-0.2, 0) is 35.1 Å². The van der Waals surface area contributed by atoms with Crippen molar-refractivity contribution in [1.29, 1.82) is 0 Å². The van der Waals surface area contributed by atoms with Crippen molar-refractivity contribution < 1.29 is 28.7 Å². The van der Waals surface area contributed by atoms with Crippen LogP contribution in [0.5, 0.6) is 0 Å². The lowest BCUT2D eigenvalue weighted by atomic mass is 9.89. The van der Waals surface area contributed by atoms with E-state index in [2.05, 4.69) is 41.6 Å². The molecule has 12 heteroatoms. The van der Waals surface area contributed by atoms with Gasteiger partial charge in [-0.3, -0.25) is 29.1 Å². The number of methoxy groups -OCH3 is 2. The van der Waals surface area contributed by atoms with Crippen LogP contribution in [0.1, 0.15) is 79.7 Å². The molecule has 1 aliphatic heterocycles. The standard InChI is InChI=1S/C42H68N6O6/c1-13-28(6)38(47(10)42(52)36(26(2)3)45-41(51)37(27(4)5)46(8)9)34(53-11)24-35(49)48-23-15-18-33(48)39(54-12)29(7)40(50)44-22-20-31-17-14-16-30-19-21-43-25-32(30)31/h14,16-17,19,21,25-29,33-34,36-39H,13,15,18,20,22-24H2,1-12H3,(H,44,50)(H,45,51)/t28-,29+,33-,34+,36-,37?,38?,39+/m0/s1. The molecule has 2 aromatic rings. The Hall–Kier alpha value is -3.61. The molecule has 54 heavy (non-hydrogen) atoms.